The average molecular weight is 193 g/mol. The topological polar surface area (TPSA) is 43.1 Å². The summed E-state index contributed by atoms with van der Waals surface area (Å²) in [5, 5.41) is 0. The minimum absolute atomic E-state index is 0.157. The van der Waals surface area contributed by atoms with Gasteiger partial charge in [-0.3, -0.25) is 4.79 Å². The first-order valence-electron chi connectivity index (χ1n) is 4.02. The smallest absolute Gasteiger partial charge is 0.394 e. The van der Waals surface area contributed by atoms with Crippen LogP contribution in [-0.2, 0) is 4.79 Å². The van der Waals surface area contributed by atoms with Gasteiger partial charge in [-0.1, -0.05) is 0 Å². The van der Waals surface area contributed by atoms with Crippen LogP contribution in [0.15, 0.2) is 11.3 Å². The fourth-order valence-electron chi connectivity index (χ4n) is 1.33. The van der Waals surface area contributed by atoms with Crippen molar-refractivity contribution >= 4 is 5.78 Å². The number of ketones is 1. The number of hydrogen-bond acceptors (Lipinski definition) is 2. The van der Waals surface area contributed by atoms with Crippen LogP contribution in [0.1, 0.15) is 25.7 Å². The molecule has 0 bridgehead atoms. The van der Waals surface area contributed by atoms with Gasteiger partial charge in [0.2, 0.25) is 0 Å². The van der Waals surface area contributed by atoms with Crippen LogP contribution in [0, 0.1) is 0 Å². The van der Waals surface area contributed by atoms with Crippen LogP contribution in [0.5, 0.6) is 0 Å². The van der Waals surface area contributed by atoms with Crippen molar-refractivity contribution in [1.29, 1.82) is 0 Å². The van der Waals surface area contributed by atoms with Crippen molar-refractivity contribution in [2.24, 2.45) is 5.73 Å². The molecule has 0 aliphatic heterocycles. The quantitative estimate of drug-likeness (QED) is 0.597. The summed E-state index contributed by atoms with van der Waals surface area (Å²) in [6.07, 6.45) is -2.95. The van der Waals surface area contributed by atoms with Crippen molar-refractivity contribution in [3.8, 4) is 0 Å². The Labute approximate surface area is 73.6 Å². The molecule has 0 unspecified atom stereocenters. The lowest BCUT2D eigenvalue weighted by Gasteiger charge is -2.17. The van der Waals surface area contributed by atoms with Gasteiger partial charge in [0.15, 0.2) is 5.78 Å². The number of carbonyl (C=O) groups excluding carboxylic acids is 1. The third kappa shape index (κ3) is 2.23. The molecule has 0 amide bonds. The van der Waals surface area contributed by atoms with Gasteiger partial charge in [0, 0.05) is 12.0 Å². The van der Waals surface area contributed by atoms with Crippen LogP contribution in [0.4, 0.5) is 13.2 Å². The van der Waals surface area contributed by atoms with E-state index in [4.69, 9.17) is 5.73 Å². The second kappa shape index (κ2) is 3.40. The number of allylic oxidation sites excluding steroid dienone is 2. The molecule has 1 aliphatic carbocycles. The van der Waals surface area contributed by atoms with Gasteiger partial charge in [-0.25, -0.2) is 0 Å². The first-order chi connectivity index (χ1) is 5.93. The Morgan fingerprint density at radius 2 is 1.77 bits per heavy atom. The highest BCUT2D eigenvalue weighted by atomic mass is 19.4. The van der Waals surface area contributed by atoms with Gasteiger partial charge in [0.25, 0.3) is 0 Å². The monoisotopic (exact) mass is 193 g/mol. The number of carbonyl (C=O) groups is 1. The fourth-order valence-corrected chi connectivity index (χ4v) is 1.33. The van der Waals surface area contributed by atoms with Crippen molar-refractivity contribution in [3.05, 3.63) is 11.3 Å². The summed E-state index contributed by atoms with van der Waals surface area (Å²) >= 11 is 0. The van der Waals surface area contributed by atoms with E-state index in [0.717, 1.165) is 0 Å². The zero-order valence-electron chi connectivity index (χ0n) is 6.95. The van der Waals surface area contributed by atoms with E-state index in [2.05, 4.69) is 0 Å². The van der Waals surface area contributed by atoms with E-state index < -0.39 is 17.7 Å². The van der Waals surface area contributed by atoms with E-state index in [1.54, 1.807) is 0 Å². The maximum atomic E-state index is 12.1. The predicted octanol–water partition coefficient (Wildman–Crippen LogP) is 1.90. The predicted molar refractivity (Wildman–Crippen MR) is 40.7 cm³/mol. The molecule has 13 heavy (non-hydrogen) atoms. The Kier molecular flexibility index (Phi) is 2.63. The molecule has 0 radical (unpaired) electrons. The van der Waals surface area contributed by atoms with Crippen LogP contribution in [0.2, 0.25) is 0 Å². The van der Waals surface area contributed by atoms with Gasteiger partial charge < -0.3 is 5.73 Å². The number of halogens is 3. The van der Waals surface area contributed by atoms with Gasteiger partial charge in [-0.05, 0) is 19.3 Å². The van der Waals surface area contributed by atoms with Crippen molar-refractivity contribution in [3.63, 3.8) is 0 Å². The van der Waals surface area contributed by atoms with E-state index in [9.17, 15) is 18.0 Å². The Balaban J connectivity index is 2.94. The highest BCUT2D eigenvalue weighted by Gasteiger charge is 2.36. The summed E-state index contributed by atoms with van der Waals surface area (Å²) < 4.78 is 36.2. The molecule has 0 atom stereocenters. The van der Waals surface area contributed by atoms with Gasteiger partial charge in [0.05, 0.1) is 0 Å². The van der Waals surface area contributed by atoms with Crippen molar-refractivity contribution in [2.75, 3.05) is 0 Å². The molecular formula is C8H10F3NO. The van der Waals surface area contributed by atoms with Gasteiger partial charge >= 0.3 is 6.18 Å². The highest BCUT2D eigenvalue weighted by molar-refractivity contribution is 5.96. The van der Waals surface area contributed by atoms with Gasteiger partial charge in [-0.15, -0.1) is 0 Å². The third-order valence-electron chi connectivity index (χ3n) is 2.05. The van der Waals surface area contributed by atoms with E-state index in [1.807, 2.05) is 0 Å². The second-order valence-corrected chi connectivity index (χ2v) is 3.02. The Bertz CT molecular complexity index is 255. The maximum absolute atomic E-state index is 12.1. The van der Waals surface area contributed by atoms with Crippen molar-refractivity contribution in [2.45, 2.75) is 31.9 Å². The molecule has 2 nitrogen and oxygen atoms in total. The van der Waals surface area contributed by atoms with Crippen LogP contribution in [-0.4, -0.2) is 12.0 Å². The standard InChI is InChI=1S/C8H10F3NO/c9-8(10,11)7(12)5-3-1-2-4-6(5)13/h1-4,12H2/b7-5-. The highest BCUT2D eigenvalue weighted by Crippen LogP contribution is 2.29. The van der Waals surface area contributed by atoms with Gasteiger partial charge in [0.1, 0.15) is 5.70 Å². The Morgan fingerprint density at radius 3 is 2.23 bits per heavy atom. The average Bonchev–Trinajstić information content (AvgIpc) is 2.02. The van der Waals surface area contributed by atoms with Crippen molar-refractivity contribution in [1.82, 2.24) is 0 Å². The number of hydrogen-bond donors (Lipinski definition) is 1. The molecule has 1 fully saturated rings. The van der Waals surface area contributed by atoms with Crippen LogP contribution < -0.4 is 5.73 Å². The van der Waals surface area contributed by atoms with E-state index >= 15 is 0 Å². The lowest BCUT2D eigenvalue weighted by atomic mass is 9.92. The summed E-state index contributed by atoms with van der Waals surface area (Å²) in [5.74, 6) is -0.457. The molecule has 0 aromatic carbocycles. The first-order valence-corrected chi connectivity index (χ1v) is 4.02. The summed E-state index contributed by atoms with van der Waals surface area (Å²) in [4.78, 5) is 11.0. The largest absolute Gasteiger partial charge is 0.431 e. The SMILES string of the molecule is N/C(=C1/CCCCC1=O)C(F)(F)F. The van der Waals surface area contributed by atoms with Crippen LogP contribution >= 0.6 is 0 Å². The zero-order chi connectivity index (χ0) is 10.1. The molecule has 0 spiro atoms. The number of nitrogens with two attached hydrogens (primary N) is 1. The lowest BCUT2D eigenvalue weighted by molar-refractivity contribution is -0.118. The van der Waals surface area contributed by atoms with Crippen molar-refractivity contribution < 1.29 is 18.0 Å². The summed E-state index contributed by atoms with van der Waals surface area (Å²) in [7, 11) is 0. The van der Waals surface area contributed by atoms with Crippen LogP contribution in [0.25, 0.3) is 0 Å². The third-order valence-corrected chi connectivity index (χ3v) is 2.05. The normalized spacial score (nSPS) is 23.2. The molecule has 0 saturated heterocycles. The fraction of sp³-hybridized carbons (Fsp3) is 0.625. The molecule has 0 aromatic heterocycles. The molecule has 1 aliphatic rings. The summed E-state index contributed by atoms with van der Waals surface area (Å²) in [5.41, 5.74) is 3.40. The minimum Gasteiger partial charge on any atom is -0.394 e. The molecule has 0 heterocycles. The second-order valence-electron chi connectivity index (χ2n) is 3.02. The number of rotatable bonds is 0. The van der Waals surface area contributed by atoms with E-state index in [-0.39, 0.29) is 18.4 Å². The number of alkyl halides is 3. The molecule has 74 valence electrons. The molecule has 2 N–H and O–H groups in total. The molecule has 5 heteroatoms. The van der Waals surface area contributed by atoms with Gasteiger partial charge in [-0.2, -0.15) is 13.2 Å². The molecule has 1 rings (SSSR count). The molecular weight excluding hydrogens is 183 g/mol. The number of Topliss-reactive ketones (excluding diaryl/α,β-unsaturated/α-hetero) is 1. The zero-order valence-corrected chi connectivity index (χ0v) is 6.95. The molecule has 0 aromatic rings. The van der Waals surface area contributed by atoms with E-state index in [1.165, 1.54) is 0 Å². The maximum Gasteiger partial charge on any atom is 0.431 e. The Hall–Kier alpha value is -1.00. The summed E-state index contributed by atoms with van der Waals surface area (Å²) in [6, 6.07) is 0. The molecule has 1 saturated carbocycles. The first kappa shape index (κ1) is 10.1. The lowest BCUT2D eigenvalue weighted by Crippen LogP contribution is -2.25. The Morgan fingerprint density at radius 1 is 1.23 bits per heavy atom. The van der Waals surface area contributed by atoms with Crippen LogP contribution in [0.3, 0.4) is 0 Å². The minimum atomic E-state index is -4.57. The summed E-state index contributed by atoms with van der Waals surface area (Å²) in [6.45, 7) is 0. The van der Waals surface area contributed by atoms with E-state index in [0.29, 0.717) is 12.8 Å².